The Balaban J connectivity index is 1.95. The van der Waals surface area contributed by atoms with E-state index in [1.54, 1.807) is 0 Å². The van der Waals surface area contributed by atoms with Crippen LogP contribution in [0.1, 0.15) is 45.7 Å². The summed E-state index contributed by atoms with van der Waals surface area (Å²) >= 11 is 0. The maximum atomic E-state index is 4.44. The van der Waals surface area contributed by atoms with Crippen molar-refractivity contribution in [2.75, 3.05) is 20.1 Å². The molecule has 0 radical (unpaired) electrons. The van der Waals surface area contributed by atoms with Gasteiger partial charge in [-0.15, -0.1) is 0 Å². The molecule has 21 heavy (non-hydrogen) atoms. The van der Waals surface area contributed by atoms with Gasteiger partial charge in [0, 0.05) is 36.9 Å². The average molecular weight is 289 g/mol. The van der Waals surface area contributed by atoms with E-state index in [1.807, 2.05) is 12.3 Å². The van der Waals surface area contributed by atoms with Gasteiger partial charge in [0.05, 0.1) is 0 Å². The third-order valence-electron chi connectivity index (χ3n) is 4.84. The Morgan fingerprint density at radius 2 is 2.19 bits per heavy atom. The highest BCUT2D eigenvalue weighted by atomic mass is 15.2. The monoisotopic (exact) mass is 289 g/mol. The smallest absolute Gasteiger partial charge is 0.0416 e. The highest BCUT2D eigenvalue weighted by Crippen LogP contribution is 2.37. The SMILES string of the molecule is CCNC1CCC(C)(C)CC1N(C)CCc1ccccn1. The molecular formula is C18H31N3. The Morgan fingerprint density at radius 1 is 1.38 bits per heavy atom. The van der Waals surface area contributed by atoms with E-state index in [0.717, 1.165) is 19.5 Å². The van der Waals surface area contributed by atoms with Crippen LogP contribution in [0.4, 0.5) is 0 Å². The highest BCUT2D eigenvalue weighted by Gasteiger charge is 2.36. The van der Waals surface area contributed by atoms with Crippen LogP contribution in [0.5, 0.6) is 0 Å². The fraction of sp³-hybridized carbons (Fsp3) is 0.722. The first kappa shape index (κ1) is 16.4. The van der Waals surface area contributed by atoms with E-state index < -0.39 is 0 Å². The summed E-state index contributed by atoms with van der Waals surface area (Å²) in [6, 6.07) is 7.46. The van der Waals surface area contributed by atoms with Crippen molar-refractivity contribution < 1.29 is 0 Å². The minimum absolute atomic E-state index is 0.468. The van der Waals surface area contributed by atoms with Gasteiger partial charge in [0.15, 0.2) is 0 Å². The lowest BCUT2D eigenvalue weighted by Crippen LogP contribution is -2.54. The van der Waals surface area contributed by atoms with Crippen molar-refractivity contribution in [2.45, 2.75) is 58.5 Å². The summed E-state index contributed by atoms with van der Waals surface area (Å²) in [5.41, 5.74) is 1.66. The molecule has 1 heterocycles. The van der Waals surface area contributed by atoms with Gasteiger partial charge in [-0.2, -0.15) is 0 Å². The molecule has 2 unspecified atom stereocenters. The summed E-state index contributed by atoms with van der Waals surface area (Å²) in [6.45, 7) is 9.18. The molecule has 1 saturated carbocycles. The molecule has 1 aromatic heterocycles. The van der Waals surface area contributed by atoms with Crippen LogP contribution in [0.15, 0.2) is 24.4 Å². The van der Waals surface area contributed by atoms with E-state index in [-0.39, 0.29) is 0 Å². The summed E-state index contributed by atoms with van der Waals surface area (Å²) in [7, 11) is 2.28. The molecular weight excluding hydrogens is 258 g/mol. The van der Waals surface area contributed by atoms with Crippen molar-refractivity contribution in [2.24, 2.45) is 5.41 Å². The second-order valence-corrected chi connectivity index (χ2v) is 7.19. The van der Waals surface area contributed by atoms with Gasteiger partial charge in [0.25, 0.3) is 0 Å². The van der Waals surface area contributed by atoms with Crippen molar-refractivity contribution in [3.05, 3.63) is 30.1 Å². The maximum absolute atomic E-state index is 4.44. The van der Waals surface area contributed by atoms with E-state index in [0.29, 0.717) is 17.5 Å². The highest BCUT2D eigenvalue weighted by molar-refractivity contribution is 5.04. The third-order valence-corrected chi connectivity index (χ3v) is 4.84. The molecule has 3 nitrogen and oxygen atoms in total. The predicted octanol–water partition coefficient (Wildman–Crippen LogP) is 3.11. The average Bonchev–Trinajstić information content (AvgIpc) is 2.47. The van der Waals surface area contributed by atoms with E-state index in [2.05, 4.69) is 55.2 Å². The van der Waals surface area contributed by atoms with E-state index in [1.165, 1.54) is 25.0 Å². The predicted molar refractivity (Wildman–Crippen MR) is 89.5 cm³/mol. The second kappa shape index (κ2) is 7.37. The molecule has 2 rings (SSSR count). The molecule has 3 heteroatoms. The van der Waals surface area contributed by atoms with Crippen LogP contribution in [0.2, 0.25) is 0 Å². The Morgan fingerprint density at radius 3 is 2.86 bits per heavy atom. The van der Waals surface area contributed by atoms with Gasteiger partial charge < -0.3 is 10.2 Å². The van der Waals surface area contributed by atoms with E-state index in [9.17, 15) is 0 Å². The van der Waals surface area contributed by atoms with Gasteiger partial charge in [-0.25, -0.2) is 0 Å². The minimum Gasteiger partial charge on any atom is -0.313 e. The molecule has 1 aliphatic carbocycles. The van der Waals surface area contributed by atoms with Crippen molar-refractivity contribution in [3.8, 4) is 0 Å². The lowest BCUT2D eigenvalue weighted by molar-refractivity contribution is 0.0831. The molecule has 0 spiro atoms. The molecule has 0 aliphatic heterocycles. The molecule has 118 valence electrons. The summed E-state index contributed by atoms with van der Waals surface area (Å²) in [5, 5.41) is 3.69. The number of pyridine rings is 1. The lowest BCUT2D eigenvalue weighted by atomic mass is 9.72. The fourth-order valence-corrected chi connectivity index (χ4v) is 3.52. The van der Waals surface area contributed by atoms with Crippen LogP contribution in [0, 0.1) is 5.41 Å². The van der Waals surface area contributed by atoms with Crippen molar-refractivity contribution in [1.29, 1.82) is 0 Å². The molecule has 0 saturated heterocycles. The summed E-state index contributed by atoms with van der Waals surface area (Å²) < 4.78 is 0. The molecule has 1 N–H and O–H groups in total. The number of rotatable bonds is 6. The molecule has 1 aliphatic rings. The number of nitrogens with one attached hydrogen (secondary N) is 1. The van der Waals surface area contributed by atoms with E-state index >= 15 is 0 Å². The number of nitrogens with zero attached hydrogens (tertiary/aromatic N) is 2. The quantitative estimate of drug-likeness (QED) is 0.872. The second-order valence-electron chi connectivity index (χ2n) is 7.19. The standard InChI is InChI=1S/C18H31N3/c1-5-19-16-9-11-18(2,3)14-17(16)21(4)13-10-15-8-6-7-12-20-15/h6-8,12,16-17,19H,5,9-11,13-14H2,1-4H3. The first-order valence-electron chi connectivity index (χ1n) is 8.35. The summed E-state index contributed by atoms with van der Waals surface area (Å²) in [6.07, 6.45) is 6.83. The zero-order chi connectivity index (χ0) is 15.3. The van der Waals surface area contributed by atoms with Crippen LogP contribution in [0.3, 0.4) is 0 Å². The van der Waals surface area contributed by atoms with Crippen molar-refractivity contribution in [3.63, 3.8) is 0 Å². The topological polar surface area (TPSA) is 28.2 Å². The van der Waals surface area contributed by atoms with Crippen molar-refractivity contribution >= 4 is 0 Å². The molecule has 1 fully saturated rings. The molecule has 0 amide bonds. The number of hydrogen-bond acceptors (Lipinski definition) is 3. The minimum atomic E-state index is 0.468. The summed E-state index contributed by atoms with van der Waals surface area (Å²) in [5.74, 6) is 0. The largest absolute Gasteiger partial charge is 0.313 e. The fourth-order valence-electron chi connectivity index (χ4n) is 3.52. The number of likely N-dealkylation sites (N-methyl/N-ethyl adjacent to an activating group) is 2. The van der Waals surface area contributed by atoms with Gasteiger partial charge in [-0.3, -0.25) is 4.98 Å². The number of hydrogen-bond donors (Lipinski definition) is 1. The maximum Gasteiger partial charge on any atom is 0.0416 e. The Bertz CT molecular complexity index is 416. The molecule has 0 aromatic carbocycles. The van der Waals surface area contributed by atoms with Crippen LogP contribution in [-0.4, -0.2) is 42.1 Å². The molecule has 1 aromatic rings. The zero-order valence-corrected chi connectivity index (χ0v) is 14.1. The molecule has 0 bridgehead atoms. The van der Waals surface area contributed by atoms with Gasteiger partial charge in [-0.1, -0.05) is 26.8 Å². The van der Waals surface area contributed by atoms with Crippen molar-refractivity contribution in [1.82, 2.24) is 15.2 Å². The first-order valence-corrected chi connectivity index (χ1v) is 8.35. The third kappa shape index (κ3) is 4.79. The van der Waals surface area contributed by atoms with Gasteiger partial charge in [-0.05, 0) is 50.4 Å². The van der Waals surface area contributed by atoms with Crippen LogP contribution >= 0.6 is 0 Å². The zero-order valence-electron chi connectivity index (χ0n) is 14.1. The lowest BCUT2D eigenvalue weighted by Gasteiger charge is -2.45. The normalized spacial score (nSPS) is 25.2. The van der Waals surface area contributed by atoms with Gasteiger partial charge in [0.1, 0.15) is 0 Å². The Labute approximate surface area is 130 Å². The number of aromatic nitrogens is 1. The Hall–Kier alpha value is -0.930. The van der Waals surface area contributed by atoms with Gasteiger partial charge in [0.2, 0.25) is 0 Å². The Kier molecular flexibility index (Phi) is 5.77. The molecule has 2 atom stereocenters. The van der Waals surface area contributed by atoms with E-state index in [4.69, 9.17) is 0 Å². The summed E-state index contributed by atoms with van der Waals surface area (Å²) in [4.78, 5) is 6.98. The first-order chi connectivity index (χ1) is 10.0. The van der Waals surface area contributed by atoms with Gasteiger partial charge >= 0.3 is 0 Å². The van der Waals surface area contributed by atoms with Crippen LogP contribution in [-0.2, 0) is 6.42 Å². The van der Waals surface area contributed by atoms with Crippen LogP contribution in [0.25, 0.3) is 0 Å². The van der Waals surface area contributed by atoms with Crippen LogP contribution < -0.4 is 5.32 Å².